The summed E-state index contributed by atoms with van der Waals surface area (Å²) in [6, 6.07) is 13.4. The second-order valence-electron chi connectivity index (χ2n) is 7.28. The molecule has 1 aliphatic carbocycles. The lowest BCUT2D eigenvalue weighted by Crippen LogP contribution is -2.36. The Morgan fingerprint density at radius 2 is 1.71 bits per heavy atom. The van der Waals surface area contributed by atoms with Crippen LogP contribution in [0.1, 0.15) is 37.7 Å². The average Bonchev–Trinajstić information content (AvgIpc) is 2.74. The Labute approximate surface area is 193 Å². The molecule has 0 saturated heterocycles. The molecular formula is C22H24ClN3O3S2. The fourth-order valence-electron chi connectivity index (χ4n) is 3.32. The monoisotopic (exact) mass is 477 g/mol. The van der Waals surface area contributed by atoms with Crippen molar-refractivity contribution in [2.45, 2.75) is 43.0 Å². The van der Waals surface area contributed by atoms with Crippen molar-refractivity contribution in [2.75, 3.05) is 5.32 Å². The number of hydrogen-bond acceptors (Lipinski definition) is 4. The van der Waals surface area contributed by atoms with Crippen LogP contribution in [0.5, 0.6) is 0 Å². The Balaban J connectivity index is 1.53. The number of halogens is 1. The molecule has 1 fully saturated rings. The molecule has 2 aromatic carbocycles. The summed E-state index contributed by atoms with van der Waals surface area (Å²) in [6.07, 6.45) is 7.93. The molecule has 3 N–H and O–H groups in total. The maximum absolute atomic E-state index is 12.6. The zero-order chi connectivity index (χ0) is 22.3. The Morgan fingerprint density at radius 1 is 1.03 bits per heavy atom. The quantitative estimate of drug-likeness (QED) is 0.422. The second kappa shape index (κ2) is 10.9. The predicted octanol–water partition coefficient (Wildman–Crippen LogP) is 4.48. The van der Waals surface area contributed by atoms with Gasteiger partial charge in [0.05, 0.1) is 4.90 Å². The van der Waals surface area contributed by atoms with Crippen molar-refractivity contribution in [2.24, 2.45) is 0 Å². The fourth-order valence-corrected chi connectivity index (χ4v) is 5.04. The smallest absolute Gasteiger partial charge is 0.250 e. The number of anilines is 1. The van der Waals surface area contributed by atoms with Crippen LogP contribution in [0, 0.1) is 0 Å². The highest BCUT2D eigenvalue weighted by Gasteiger charge is 2.21. The summed E-state index contributed by atoms with van der Waals surface area (Å²) >= 11 is 11.2. The van der Waals surface area contributed by atoms with Crippen LogP contribution in [0.15, 0.2) is 59.5 Å². The summed E-state index contributed by atoms with van der Waals surface area (Å²) in [5.41, 5.74) is 1.29. The second-order valence-corrected chi connectivity index (χ2v) is 9.81. The maximum atomic E-state index is 12.6. The molecule has 0 bridgehead atoms. The Kier molecular flexibility index (Phi) is 8.20. The summed E-state index contributed by atoms with van der Waals surface area (Å²) < 4.78 is 27.9. The third-order valence-corrected chi connectivity index (χ3v) is 6.99. The molecule has 9 heteroatoms. The van der Waals surface area contributed by atoms with Crippen molar-refractivity contribution in [1.82, 2.24) is 10.0 Å². The Morgan fingerprint density at radius 3 is 2.39 bits per heavy atom. The molecule has 0 aliphatic heterocycles. The molecule has 6 nitrogen and oxygen atoms in total. The van der Waals surface area contributed by atoms with Gasteiger partial charge in [-0.2, -0.15) is 0 Å². The van der Waals surface area contributed by atoms with E-state index in [1.165, 1.54) is 18.2 Å². The number of amides is 1. The number of thiocarbonyl (C=S) groups is 1. The molecular weight excluding hydrogens is 454 g/mol. The Hall–Kier alpha value is -2.26. The largest absolute Gasteiger partial charge is 0.332 e. The first kappa shape index (κ1) is 23.4. The van der Waals surface area contributed by atoms with Crippen molar-refractivity contribution >= 4 is 56.6 Å². The van der Waals surface area contributed by atoms with Crippen molar-refractivity contribution < 1.29 is 13.2 Å². The van der Waals surface area contributed by atoms with E-state index in [0.29, 0.717) is 10.7 Å². The van der Waals surface area contributed by atoms with E-state index < -0.39 is 15.9 Å². The first-order valence-electron chi connectivity index (χ1n) is 10.0. The van der Waals surface area contributed by atoms with Gasteiger partial charge in [0, 0.05) is 22.8 Å². The summed E-state index contributed by atoms with van der Waals surface area (Å²) in [6.45, 7) is 0. The number of nitrogens with one attached hydrogen (secondary N) is 3. The molecule has 2 aromatic rings. The molecule has 0 unspecified atom stereocenters. The lowest BCUT2D eigenvalue weighted by atomic mass is 9.96. The minimum atomic E-state index is -3.56. The van der Waals surface area contributed by atoms with E-state index in [1.54, 1.807) is 36.4 Å². The highest BCUT2D eigenvalue weighted by Crippen LogP contribution is 2.21. The number of rotatable bonds is 6. The molecule has 31 heavy (non-hydrogen) atoms. The first-order valence-corrected chi connectivity index (χ1v) is 12.3. The van der Waals surface area contributed by atoms with Crippen LogP contribution in [-0.2, 0) is 14.8 Å². The van der Waals surface area contributed by atoms with Crippen LogP contribution in [0.25, 0.3) is 6.08 Å². The van der Waals surface area contributed by atoms with E-state index in [1.807, 2.05) is 6.07 Å². The summed E-state index contributed by atoms with van der Waals surface area (Å²) in [7, 11) is -3.56. The number of hydrogen-bond donors (Lipinski definition) is 3. The van der Waals surface area contributed by atoms with E-state index in [2.05, 4.69) is 15.4 Å². The topological polar surface area (TPSA) is 87.3 Å². The van der Waals surface area contributed by atoms with Crippen LogP contribution in [0.4, 0.5) is 5.69 Å². The molecule has 1 saturated carbocycles. The van der Waals surface area contributed by atoms with E-state index in [-0.39, 0.29) is 16.0 Å². The highest BCUT2D eigenvalue weighted by atomic mass is 35.5. The van der Waals surface area contributed by atoms with Crippen molar-refractivity contribution in [3.8, 4) is 0 Å². The van der Waals surface area contributed by atoms with Gasteiger partial charge in [0.2, 0.25) is 15.9 Å². The lowest BCUT2D eigenvalue weighted by Gasteiger charge is -2.22. The third kappa shape index (κ3) is 7.14. The van der Waals surface area contributed by atoms with Gasteiger partial charge in [0.1, 0.15) is 0 Å². The molecule has 0 atom stereocenters. The molecule has 0 aromatic heterocycles. The Bertz CT molecular complexity index is 1060. The predicted molar refractivity (Wildman–Crippen MR) is 128 cm³/mol. The van der Waals surface area contributed by atoms with E-state index in [9.17, 15) is 13.2 Å². The third-order valence-electron chi connectivity index (χ3n) is 4.91. The summed E-state index contributed by atoms with van der Waals surface area (Å²) in [5.74, 6) is -0.409. The fraction of sp³-hybridized carbons (Fsp3) is 0.273. The van der Waals surface area contributed by atoms with Gasteiger partial charge in [-0.3, -0.25) is 10.1 Å². The molecule has 1 amide bonds. The number of carbonyl (C=O) groups is 1. The van der Waals surface area contributed by atoms with E-state index in [4.69, 9.17) is 23.8 Å². The number of sulfonamides is 1. The van der Waals surface area contributed by atoms with Crippen LogP contribution in [-0.4, -0.2) is 25.5 Å². The van der Waals surface area contributed by atoms with Crippen LogP contribution in [0.3, 0.4) is 0 Å². The molecule has 3 rings (SSSR count). The molecule has 1 aliphatic rings. The minimum Gasteiger partial charge on any atom is -0.332 e. The normalized spacial score (nSPS) is 15.0. The number of carbonyl (C=O) groups excluding carboxylic acids is 1. The molecule has 0 radical (unpaired) electrons. The van der Waals surface area contributed by atoms with E-state index in [0.717, 1.165) is 37.7 Å². The van der Waals surface area contributed by atoms with Crippen molar-refractivity contribution in [3.05, 3.63) is 65.2 Å². The van der Waals surface area contributed by atoms with Gasteiger partial charge in [0.25, 0.3) is 0 Å². The van der Waals surface area contributed by atoms with Crippen LogP contribution >= 0.6 is 23.8 Å². The zero-order valence-corrected chi connectivity index (χ0v) is 19.2. The van der Waals surface area contributed by atoms with Gasteiger partial charge >= 0.3 is 0 Å². The minimum absolute atomic E-state index is 0.00170. The maximum Gasteiger partial charge on any atom is 0.250 e. The number of benzene rings is 2. The molecule has 0 heterocycles. The molecule has 0 spiro atoms. The highest BCUT2D eigenvalue weighted by molar-refractivity contribution is 7.89. The van der Waals surface area contributed by atoms with Gasteiger partial charge in [-0.05, 0) is 67.0 Å². The van der Waals surface area contributed by atoms with Gasteiger partial charge in [0.15, 0.2) is 5.11 Å². The zero-order valence-electron chi connectivity index (χ0n) is 16.8. The van der Waals surface area contributed by atoms with Crippen LogP contribution in [0.2, 0.25) is 5.02 Å². The summed E-state index contributed by atoms with van der Waals surface area (Å²) in [4.78, 5) is 12.2. The van der Waals surface area contributed by atoms with Gasteiger partial charge in [-0.15, -0.1) is 0 Å². The first-order chi connectivity index (χ1) is 14.8. The SMILES string of the molecule is O=C(C=Cc1ccccc1Cl)NC(=S)Nc1ccc(S(=O)(=O)NC2CCCCC2)cc1. The standard InChI is InChI=1S/C22H24ClN3O3S2/c23-20-9-5-4-6-16(20)10-15-21(27)25-22(30)24-17-11-13-19(14-12-17)31(28,29)26-18-7-2-1-3-8-18/h4-6,9-15,18,26H,1-3,7-8H2,(H2,24,25,27,30). The molecule has 164 valence electrons. The van der Waals surface area contributed by atoms with E-state index >= 15 is 0 Å². The van der Waals surface area contributed by atoms with Crippen molar-refractivity contribution in [1.29, 1.82) is 0 Å². The van der Waals surface area contributed by atoms with Gasteiger partial charge in [-0.25, -0.2) is 13.1 Å². The summed E-state index contributed by atoms with van der Waals surface area (Å²) in [5, 5.41) is 6.05. The van der Waals surface area contributed by atoms with Gasteiger partial charge < -0.3 is 5.32 Å². The van der Waals surface area contributed by atoms with Crippen LogP contribution < -0.4 is 15.4 Å². The van der Waals surface area contributed by atoms with Gasteiger partial charge in [-0.1, -0.05) is 49.1 Å². The average molecular weight is 478 g/mol. The van der Waals surface area contributed by atoms with Crippen molar-refractivity contribution in [3.63, 3.8) is 0 Å². The lowest BCUT2D eigenvalue weighted by molar-refractivity contribution is -0.115.